The number of nitro benzene ring substituents is 1. The second kappa shape index (κ2) is 6.51. The van der Waals surface area contributed by atoms with E-state index in [2.05, 4.69) is 0 Å². The number of aryl methyl sites for hydroxylation is 1. The molecule has 1 aromatic carbocycles. The Morgan fingerprint density at radius 1 is 1.38 bits per heavy atom. The van der Waals surface area contributed by atoms with Crippen LogP contribution in [0.5, 0.6) is 0 Å². The zero-order valence-electron chi connectivity index (χ0n) is 12.0. The van der Waals surface area contributed by atoms with E-state index in [9.17, 15) is 15.2 Å². The van der Waals surface area contributed by atoms with E-state index in [4.69, 9.17) is 4.42 Å². The quantitative estimate of drug-likeness (QED) is 0.653. The average Bonchev–Trinajstić information content (AvgIpc) is 2.83. The summed E-state index contributed by atoms with van der Waals surface area (Å²) in [4.78, 5) is 12.2. The van der Waals surface area contributed by atoms with E-state index < -0.39 is 11.0 Å². The molecular weight excluding hydrogens is 272 g/mol. The number of furan rings is 1. The number of non-ortho nitro benzene ring substituents is 1. The van der Waals surface area contributed by atoms with Crippen LogP contribution in [0.1, 0.15) is 23.2 Å². The predicted octanol–water partition coefficient (Wildman–Crippen LogP) is 2.66. The van der Waals surface area contributed by atoms with Crippen molar-refractivity contribution in [3.8, 4) is 0 Å². The first-order valence-electron chi connectivity index (χ1n) is 6.62. The lowest BCUT2D eigenvalue weighted by Gasteiger charge is -2.19. The van der Waals surface area contributed by atoms with Crippen LogP contribution in [0.4, 0.5) is 5.69 Å². The lowest BCUT2D eigenvalue weighted by molar-refractivity contribution is -0.385. The van der Waals surface area contributed by atoms with Crippen molar-refractivity contribution in [3.63, 3.8) is 0 Å². The number of aliphatic hydroxyl groups excluding tert-OH is 1. The van der Waals surface area contributed by atoms with Crippen molar-refractivity contribution in [1.29, 1.82) is 0 Å². The molecule has 0 fully saturated rings. The molecule has 21 heavy (non-hydrogen) atoms. The molecule has 2 aromatic rings. The highest BCUT2D eigenvalue weighted by atomic mass is 16.6. The van der Waals surface area contributed by atoms with Crippen LogP contribution in [-0.4, -0.2) is 28.5 Å². The maximum absolute atomic E-state index is 10.7. The van der Waals surface area contributed by atoms with Crippen LogP contribution in [0.3, 0.4) is 0 Å². The number of hydrogen-bond acceptors (Lipinski definition) is 5. The fourth-order valence-corrected chi connectivity index (χ4v) is 2.15. The summed E-state index contributed by atoms with van der Waals surface area (Å²) >= 11 is 0. The summed E-state index contributed by atoms with van der Waals surface area (Å²) in [7, 11) is 1.86. The van der Waals surface area contributed by atoms with Gasteiger partial charge in [-0.15, -0.1) is 0 Å². The number of nitro groups is 1. The summed E-state index contributed by atoms with van der Waals surface area (Å²) in [6.07, 6.45) is -0.786. The maximum Gasteiger partial charge on any atom is 0.269 e. The van der Waals surface area contributed by atoms with E-state index in [0.717, 1.165) is 11.5 Å². The van der Waals surface area contributed by atoms with Crippen molar-refractivity contribution in [3.05, 3.63) is 63.6 Å². The molecule has 0 saturated carbocycles. The SMILES string of the molecule is Cc1ccc(CN(C)CC(O)c2cccc([N+](=O)[O-])c2)o1. The highest BCUT2D eigenvalue weighted by molar-refractivity contribution is 5.35. The van der Waals surface area contributed by atoms with Gasteiger partial charge in [0, 0.05) is 18.7 Å². The van der Waals surface area contributed by atoms with Gasteiger partial charge in [0.05, 0.1) is 17.6 Å². The molecule has 0 aliphatic rings. The minimum Gasteiger partial charge on any atom is -0.465 e. The third-order valence-corrected chi connectivity index (χ3v) is 3.17. The second-order valence-electron chi connectivity index (χ2n) is 5.08. The first-order valence-corrected chi connectivity index (χ1v) is 6.62. The molecule has 6 heteroatoms. The molecule has 2 rings (SSSR count). The number of benzene rings is 1. The van der Waals surface area contributed by atoms with Crippen LogP contribution < -0.4 is 0 Å². The topological polar surface area (TPSA) is 79.8 Å². The molecule has 0 aliphatic heterocycles. The van der Waals surface area contributed by atoms with E-state index in [1.54, 1.807) is 12.1 Å². The largest absolute Gasteiger partial charge is 0.465 e. The van der Waals surface area contributed by atoms with Gasteiger partial charge in [-0.1, -0.05) is 12.1 Å². The molecular formula is C15H18N2O4. The average molecular weight is 290 g/mol. The fourth-order valence-electron chi connectivity index (χ4n) is 2.15. The van der Waals surface area contributed by atoms with Gasteiger partial charge in [-0.25, -0.2) is 0 Å². The zero-order valence-corrected chi connectivity index (χ0v) is 12.0. The Hall–Kier alpha value is -2.18. The molecule has 1 unspecified atom stereocenters. The molecule has 0 amide bonds. The van der Waals surface area contributed by atoms with Crippen LogP contribution in [0.2, 0.25) is 0 Å². The molecule has 1 atom stereocenters. The van der Waals surface area contributed by atoms with E-state index in [1.165, 1.54) is 12.1 Å². The molecule has 0 saturated heterocycles. The van der Waals surface area contributed by atoms with Crippen LogP contribution in [0, 0.1) is 17.0 Å². The summed E-state index contributed by atoms with van der Waals surface area (Å²) in [5, 5.41) is 20.9. The molecule has 0 spiro atoms. The first-order chi connectivity index (χ1) is 9.95. The number of rotatable bonds is 6. The van der Waals surface area contributed by atoms with Crippen LogP contribution in [-0.2, 0) is 6.54 Å². The summed E-state index contributed by atoms with van der Waals surface area (Å²) in [6.45, 7) is 2.81. The Bertz CT molecular complexity index is 624. The Morgan fingerprint density at radius 3 is 2.76 bits per heavy atom. The molecule has 6 nitrogen and oxygen atoms in total. The van der Waals surface area contributed by atoms with Gasteiger partial charge in [0.2, 0.25) is 0 Å². The van der Waals surface area contributed by atoms with Gasteiger partial charge in [-0.2, -0.15) is 0 Å². The van der Waals surface area contributed by atoms with Gasteiger partial charge in [0.1, 0.15) is 11.5 Å². The van der Waals surface area contributed by atoms with E-state index in [0.29, 0.717) is 18.7 Å². The van der Waals surface area contributed by atoms with E-state index in [-0.39, 0.29) is 5.69 Å². The van der Waals surface area contributed by atoms with Gasteiger partial charge in [0.25, 0.3) is 5.69 Å². The van der Waals surface area contributed by atoms with E-state index >= 15 is 0 Å². The highest BCUT2D eigenvalue weighted by Gasteiger charge is 2.15. The minimum absolute atomic E-state index is 0.0177. The van der Waals surface area contributed by atoms with Gasteiger partial charge < -0.3 is 9.52 Å². The Morgan fingerprint density at radius 2 is 2.14 bits per heavy atom. The molecule has 0 bridgehead atoms. The summed E-state index contributed by atoms with van der Waals surface area (Å²) in [6, 6.07) is 9.85. The van der Waals surface area contributed by atoms with Crippen molar-refractivity contribution in [2.24, 2.45) is 0 Å². The van der Waals surface area contributed by atoms with Gasteiger partial charge in [-0.3, -0.25) is 15.0 Å². The third-order valence-electron chi connectivity index (χ3n) is 3.17. The zero-order chi connectivity index (χ0) is 15.4. The van der Waals surface area contributed by atoms with Gasteiger partial charge in [0.15, 0.2) is 0 Å². The molecule has 1 heterocycles. The predicted molar refractivity (Wildman–Crippen MR) is 77.8 cm³/mol. The first kappa shape index (κ1) is 15.2. The summed E-state index contributed by atoms with van der Waals surface area (Å²) < 4.78 is 5.48. The van der Waals surface area contributed by atoms with Crippen LogP contribution >= 0.6 is 0 Å². The van der Waals surface area contributed by atoms with Crippen LogP contribution in [0.25, 0.3) is 0 Å². The fraction of sp³-hybridized carbons (Fsp3) is 0.333. The van der Waals surface area contributed by atoms with Crippen molar-refractivity contribution in [2.45, 2.75) is 19.6 Å². The van der Waals surface area contributed by atoms with Crippen molar-refractivity contribution in [2.75, 3.05) is 13.6 Å². The lowest BCUT2D eigenvalue weighted by atomic mass is 10.1. The molecule has 112 valence electrons. The maximum atomic E-state index is 10.7. The Balaban J connectivity index is 1.98. The van der Waals surface area contributed by atoms with Gasteiger partial charge in [-0.05, 0) is 31.7 Å². The van der Waals surface area contributed by atoms with Gasteiger partial charge >= 0.3 is 0 Å². The normalized spacial score (nSPS) is 12.6. The molecule has 1 aromatic heterocycles. The lowest BCUT2D eigenvalue weighted by Crippen LogP contribution is -2.24. The summed E-state index contributed by atoms with van der Waals surface area (Å²) in [5.41, 5.74) is 0.516. The number of hydrogen-bond donors (Lipinski definition) is 1. The number of aliphatic hydroxyl groups is 1. The Kier molecular flexibility index (Phi) is 4.72. The molecule has 0 radical (unpaired) electrons. The van der Waals surface area contributed by atoms with Crippen LogP contribution in [0.15, 0.2) is 40.8 Å². The Labute approximate surface area is 122 Å². The monoisotopic (exact) mass is 290 g/mol. The molecule has 1 N–H and O–H groups in total. The third kappa shape index (κ3) is 4.14. The smallest absolute Gasteiger partial charge is 0.269 e. The van der Waals surface area contributed by atoms with Crippen molar-refractivity contribution >= 4 is 5.69 Å². The van der Waals surface area contributed by atoms with Crippen molar-refractivity contribution in [1.82, 2.24) is 4.90 Å². The van der Waals surface area contributed by atoms with Crippen molar-refractivity contribution < 1.29 is 14.4 Å². The molecule has 0 aliphatic carbocycles. The highest BCUT2D eigenvalue weighted by Crippen LogP contribution is 2.20. The second-order valence-corrected chi connectivity index (χ2v) is 5.08. The summed E-state index contributed by atoms with van der Waals surface area (Å²) in [5.74, 6) is 1.67. The minimum atomic E-state index is -0.786. The number of likely N-dealkylation sites (N-methyl/N-ethyl adjacent to an activating group) is 1. The van der Waals surface area contributed by atoms with E-state index in [1.807, 2.05) is 31.0 Å². The standard InChI is InChI=1S/C15H18N2O4/c1-11-6-7-14(21-11)9-16(2)10-15(18)12-4-3-5-13(8-12)17(19)20/h3-8,15,18H,9-10H2,1-2H3. The number of nitrogens with zero attached hydrogens (tertiary/aromatic N) is 2.